The van der Waals surface area contributed by atoms with Crippen LogP contribution in [0.1, 0.15) is 15.4 Å². The number of fused-ring (bicyclic) bond motifs is 1. The summed E-state index contributed by atoms with van der Waals surface area (Å²) in [5.41, 5.74) is 7.60. The summed E-state index contributed by atoms with van der Waals surface area (Å²) in [4.78, 5) is 19.8. The molecule has 0 spiro atoms. The SMILES string of the molecule is CN(C)c1ccnc2sc(C(=O)NCc3ccco3)c(N)c12. The van der Waals surface area contributed by atoms with E-state index in [1.807, 2.05) is 25.1 Å². The van der Waals surface area contributed by atoms with Gasteiger partial charge in [-0.2, -0.15) is 0 Å². The number of nitrogens with two attached hydrogens (primary N) is 1. The van der Waals surface area contributed by atoms with Crippen LogP contribution in [0.2, 0.25) is 0 Å². The summed E-state index contributed by atoms with van der Waals surface area (Å²) in [6.45, 7) is 0.327. The van der Waals surface area contributed by atoms with Gasteiger partial charge < -0.3 is 20.4 Å². The van der Waals surface area contributed by atoms with E-state index in [9.17, 15) is 4.79 Å². The van der Waals surface area contributed by atoms with E-state index in [4.69, 9.17) is 10.2 Å². The summed E-state index contributed by atoms with van der Waals surface area (Å²) in [7, 11) is 3.87. The van der Waals surface area contributed by atoms with Gasteiger partial charge in [-0.1, -0.05) is 0 Å². The molecule has 1 amide bonds. The zero-order chi connectivity index (χ0) is 15.7. The largest absolute Gasteiger partial charge is 0.467 e. The Morgan fingerprint density at radius 2 is 2.27 bits per heavy atom. The minimum absolute atomic E-state index is 0.221. The predicted molar refractivity (Wildman–Crippen MR) is 88.2 cm³/mol. The number of anilines is 2. The predicted octanol–water partition coefficient (Wildman–Crippen LogP) is 2.47. The molecule has 3 aromatic heterocycles. The average molecular weight is 316 g/mol. The third kappa shape index (κ3) is 2.50. The number of pyridine rings is 1. The molecule has 22 heavy (non-hydrogen) atoms. The molecule has 0 aliphatic rings. The van der Waals surface area contributed by atoms with Crippen molar-refractivity contribution in [1.82, 2.24) is 10.3 Å². The van der Waals surface area contributed by atoms with Crippen molar-refractivity contribution in [2.45, 2.75) is 6.54 Å². The van der Waals surface area contributed by atoms with Gasteiger partial charge in [0.2, 0.25) is 0 Å². The van der Waals surface area contributed by atoms with Gasteiger partial charge in [-0.05, 0) is 18.2 Å². The zero-order valence-corrected chi connectivity index (χ0v) is 13.1. The van der Waals surface area contributed by atoms with E-state index in [0.29, 0.717) is 22.9 Å². The molecule has 0 radical (unpaired) electrons. The number of nitrogens with zero attached hydrogens (tertiary/aromatic N) is 2. The highest BCUT2D eigenvalue weighted by Crippen LogP contribution is 2.37. The maximum atomic E-state index is 12.3. The molecule has 0 aromatic carbocycles. The van der Waals surface area contributed by atoms with E-state index in [0.717, 1.165) is 15.9 Å². The van der Waals surface area contributed by atoms with Crippen LogP contribution < -0.4 is 16.0 Å². The first-order chi connectivity index (χ1) is 10.6. The molecule has 3 N–H and O–H groups in total. The Hall–Kier alpha value is -2.54. The van der Waals surface area contributed by atoms with Crippen LogP contribution in [0.15, 0.2) is 35.1 Å². The highest BCUT2D eigenvalue weighted by Gasteiger charge is 2.20. The molecule has 0 atom stereocenters. The van der Waals surface area contributed by atoms with Gasteiger partial charge >= 0.3 is 0 Å². The lowest BCUT2D eigenvalue weighted by Gasteiger charge is -2.13. The number of amides is 1. The lowest BCUT2D eigenvalue weighted by atomic mass is 10.2. The van der Waals surface area contributed by atoms with E-state index < -0.39 is 0 Å². The minimum Gasteiger partial charge on any atom is -0.467 e. The Bertz CT molecular complexity index is 808. The quantitative estimate of drug-likeness (QED) is 0.772. The number of furan rings is 1. The molecule has 0 bridgehead atoms. The van der Waals surface area contributed by atoms with Crippen LogP contribution in [0.3, 0.4) is 0 Å². The number of thiophene rings is 1. The van der Waals surface area contributed by atoms with Crippen molar-refractivity contribution in [3.8, 4) is 0 Å². The Morgan fingerprint density at radius 1 is 1.45 bits per heavy atom. The lowest BCUT2D eigenvalue weighted by Crippen LogP contribution is -2.22. The van der Waals surface area contributed by atoms with Crippen LogP contribution in [0, 0.1) is 0 Å². The molecule has 3 aromatic rings. The van der Waals surface area contributed by atoms with E-state index in [2.05, 4.69) is 10.3 Å². The van der Waals surface area contributed by atoms with Crippen molar-refractivity contribution in [2.24, 2.45) is 0 Å². The summed E-state index contributed by atoms with van der Waals surface area (Å²) >= 11 is 1.30. The average Bonchev–Trinajstić information content (AvgIpc) is 3.13. The second kappa shape index (κ2) is 5.69. The van der Waals surface area contributed by atoms with Gasteiger partial charge in [0.05, 0.1) is 29.6 Å². The first kappa shape index (κ1) is 14.4. The third-order valence-electron chi connectivity index (χ3n) is 3.30. The summed E-state index contributed by atoms with van der Waals surface area (Å²) in [5.74, 6) is 0.474. The van der Waals surface area contributed by atoms with E-state index in [1.165, 1.54) is 11.3 Å². The van der Waals surface area contributed by atoms with Crippen molar-refractivity contribution in [3.63, 3.8) is 0 Å². The fourth-order valence-corrected chi connectivity index (χ4v) is 3.23. The molecule has 114 valence electrons. The third-order valence-corrected chi connectivity index (χ3v) is 4.41. The second-order valence-corrected chi connectivity index (χ2v) is 6.01. The van der Waals surface area contributed by atoms with Crippen LogP contribution in [0.4, 0.5) is 11.4 Å². The van der Waals surface area contributed by atoms with Crippen LogP contribution >= 0.6 is 11.3 Å². The van der Waals surface area contributed by atoms with Gasteiger partial charge in [-0.25, -0.2) is 4.98 Å². The number of hydrogen-bond donors (Lipinski definition) is 2. The molecule has 0 aliphatic heterocycles. The Balaban J connectivity index is 1.92. The van der Waals surface area contributed by atoms with E-state index >= 15 is 0 Å². The van der Waals surface area contributed by atoms with Crippen molar-refractivity contribution in [1.29, 1.82) is 0 Å². The van der Waals surface area contributed by atoms with E-state index in [1.54, 1.807) is 24.6 Å². The molecule has 3 heterocycles. The number of nitrogen functional groups attached to an aromatic ring is 1. The molecule has 0 fully saturated rings. The Morgan fingerprint density at radius 3 is 2.95 bits per heavy atom. The van der Waals surface area contributed by atoms with E-state index in [-0.39, 0.29) is 5.91 Å². The Kier molecular flexibility index (Phi) is 3.72. The van der Waals surface area contributed by atoms with Gasteiger partial charge in [0, 0.05) is 20.3 Å². The first-order valence-electron chi connectivity index (χ1n) is 6.73. The smallest absolute Gasteiger partial charge is 0.263 e. The lowest BCUT2D eigenvalue weighted by molar-refractivity contribution is 0.0953. The maximum Gasteiger partial charge on any atom is 0.263 e. The standard InChI is InChI=1S/C15H16N4O2S/c1-19(2)10-5-6-17-15-11(10)12(16)13(22-15)14(20)18-8-9-4-3-7-21-9/h3-7H,8,16H2,1-2H3,(H,18,20). The second-order valence-electron chi connectivity index (χ2n) is 5.01. The highest BCUT2D eigenvalue weighted by molar-refractivity contribution is 7.21. The van der Waals surface area contributed by atoms with Gasteiger partial charge in [0.25, 0.3) is 5.91 Å². The highest BCUT2D eigenvalue weighted by atomic mass is 32.1. The summed E-state index contributed by atoms with van der Waals surface area (Å²) in [6.07, 6.45) is 3.29. The van der Waals surface area contributed by atoms with Gasteiger partial charge in [0.1, 0.15) is 15.5 Å². The molecule has 7 heteroatoms. The fraction of sp³-hybridized carbons (Fsp3) is 0.200. The summed E-state index contributed by atoms with van der Waals surface area (Å²) in [5, 5.41) is 3.63. The number of aromatic nitrogens is 1. The molecular weight excluding hydrogens is 300 g/mol. The number of nitrogens with one attached hydrogen (secondary N) is 1. The van der Waals surface area contributed by atoms with Gasteiger partial charge in [0.15, 0.2) is 0 Å². The van der Waals surface area contributed by atoms with Crippen molar-refractivity contribution in [2.75, 3.05) is 24.7 Å². The first-order valence-corrected chi connectivity index (χ1v) is 7.54. The minimum atomic E-state index is -0.221. The molecule has 0 saturated carbocycles. The molecule has 0 saturated heterocycles. The Labute approximate surface area is 131 Å². The molecular formula is C15H16N4O2S. The molecule has 0 aliphatic carbocycles. The normalized spacial score (nSPS) is 10.8. The monoisotopic (exact) mass is 316 g/mol. The van der Waals surface area contributed by atoms with Crippen molar-refractivity contribution >= 4 is 38.8 Å². The molecule has 0 unspecified atom stereocenters. The topological polar surface area (TPSA) is 84.4 Å². The zero-order valence-electron chi connectivity index (χ0n) is 12.3. The van der Waals surface area contributed by atoms with Crippen LogP contribution in [0.25, 0.3) is 10.2 Å². The van der Waals surface area contributed by atoms with Crippen molar-refractivity contribution < 1.29 is 9.21 Å². The molecule has 3 rings (SSSR count). The van der Waals surface area contributed by atoms with Gasteiger partial charge in [-0.15, -0.1) is 11.3 Å². The van der Waals surface area contributed by atoms with Crippen LogP contribution in [-0.2, 0) is 6.54 Å². The maximum absolute atomic E-state index is 12.3. The molecule has 6 nitrogen and oxygen atoms in total. The number of rotatable bonds is 4. The number of hydrogen-bond acceptors (Lipinski definition) is 6. The fourth-order valence-electron chi connectivity index (χ4n) is 2.23. The summed E-state index contributed by atoms with van der Waals surface area (Å²) in [6, 6.07) is 5.47. The number of carbonyl (C=O) groups is 1. The number of carbonyl (C=O) groups excluding carboxylic acids is 1. The summed E-state index contributed by atoms with van der Waals surface area (Å²) < 4.78 is 5.20. The van der Waals surface area contributed by atoms with Gasteiger partial charge in [-0.3, -0.25) is 4.79 Å². The van der Waals surface area contributed by atoms with Crippen LogP contribution in [-0.4, -0.2) is 25.0 Å². The van der Waals surface area contributed by atoms with Crippen molar-refractivity contribution in [3.05, 3.63) is 41.3 Å². The van der Waals surface area contributed by atoms with Crippen LogP contribution in [0.5, 0.6) is 0 Å².